The lowest BCUT2D eigenvalue weighted by Gasteiger charge is -2.29. The van der Waals surface area contributed by atoms with Crippen LogP contribution in [0.15, 0.2) is 24.3 Å². The van der Waals surface area contributed by atoms with Crippen LogP contribution in [0.5, 0.6) is 5.75 Å². The standard InChI is InChI=1S/C15H22O3/c1-2-3-4-5-12-10-17-15(18-11-12)13-6-8-14(16)9-7-13/h6-9,12,15-16H,2-5,10-11H2,1H3. The Bertz CT molecular complexity index is 339. The summed E-state index contributed by atoms with van der Waals surface area (Å²) >= 11 is 0. The van der Waals surface area contributed by atoms with Crippen LogP contribution in [0.4, 0.5) is 0 Å². The molecule has 0 atom stereocenters. The van der Waals surface area contributed by atoms with E-state index in [2.05, 4.69) is 6.92 Å². The van der Waals surface area contributed by atoms with Crippen molar-refractivity contribution in [2.75, 3.05) is 13.2 Å². The molecular formula is C15H22O3. The van der Waals surface area contributed by atoms with Crippen molar-refractivity contribution in [1.82, 2.24) is 0 Å². The van der Waals surface area contributed by atoms with Crippen LogP contribution in [0.2, 0.25) is 0 Å². The Morgan fingerprint density at radius 1 is 1.11 bits per heavy atom. The predicted molar refractivity (Wildman–Crippen MR) is 70.4 cm³/mol. The first kappa shape index (κ1) is 13.4. The molecule has 0 radical (unpaired) electrons. The van der Waals surface area contributed by atoms with Gasteiger partial charge in [-0.3, -0.25) is 0 Å². The first-order chi connectivity index (χ1) is 8.79. The molecule has 1 aromatic rings. The fourth-order valence-electron chi connectivity index (χ4n) is 2.22. The smallest absolute Gasteiger partial charge is 0.183 e. The molecule has 1 aromatic carbocycles. The average molecular weight is 250 g/mol. The van der Waals surface area contributed by atoms with Gasteiger partial charge in [0.2, 0.25) is 0 Å². The van der Waals surface area contributed by atoms with Crippen LogP contribution >= 0.6 is 0 Å². The molecule has 1 aliphatic heterocycles. The molecule has 1 fully saturated rings. The van der Waals surface area contributed by atoms with Gasteiger partial charge in [-0.2, -0.15) is 0 Å². The van der Waals surface area contributed by atoms with E-state index in [0.717, 1.165) is 18.8 Å². The maximum atomic E-state index is 9.24. The molecule has 2 rings (SSSR count). The topological polar surface area (TPSA) is 38.7 Å². The molecule has 0 bridgehead atoms. The number of ether oxygens (including phenoxy) is 2. The number of hydrogen-bond donors (Lipinski definition) is 1. The normalized spacial score (nSPS) is 24.1. The first-order valence-electron chi connectivity index (χ1n) is 6.81. The monoisotopic (exact) mass is 250 g/mol. The zero-order valence-corrected chi connectivity index (χ0v) is 11.0. The molecule has 0 amide bonds. The Balaban J connectivity index is 1.77. The van der Waals surface area contributed by atoms with E-state index in [1.54, 1.807) is 12.1 Å². The molecule has 1 aliphatic rings. The third-order valence-corrected chi connectivity index (χ3v) is 3.35. The van der Waals surface area contributed by atoms with Gasteiger partial charge < -0.3 is 14.6 Å². The zero-order valence-electron chi connectivity index (χ0n) is 11.0. The fraction of sp³-hybridized carbons (Fsp3) is 0.600. The predicted octanol–water partition coefficient (Wildman–Crippen LogP) is 3.63. The second-order valence-corrected chi connectivity index (χ2v) is 4.95. The van der Waals surface area contributed by atoms with Crippen molar-refractivity contribution in [1.29, 1.82) is 0 Å². The molecule has 3 nitrogen and oxygen atoms in total. The summed E-state index contributed by atoms with van der Waals surface area (Å²) in [6.07, 6.45) is 4.73. The quantitative estimate of drug-likeness (QED) is 0.811. The Kier molecular flexibility index (Phi) is 5.02. The maximum Gasteiger partial charge on any atom is 0.183 e. The molecule has 1 heterocycles. The summed E-state index contributed by atoms with van der Waals surface area (Å²) in [5.41, 5.74) is 0.972. The molecular weight excluding hydrogens is 228 g/mol. The number of phenolic OH excluding ortho intramolecular Hbond substituents is 1. The average Bonchev–Trinajstić information content (AvgIpc) is 2.41. The summed E-state index contributed by atoms with van der Waals surface area (Å²) in [6, 6.07) is 7.01. The number of hydrogen-bond acceptors (Lipinski definition) is 3. The highest BCUT2D eigenvalue weighted by atomic mass is 16.7. The maximum absolute atomic E-state index is 9.24. The van der Waals surface area contributed by atoms with Gasteiger partial charge in [0.25, 0.3) is 0 Å². The number of benzene rings is 1. The molecule has 0 aliphatic carbocycles. The van der Waals surface area contributed by atoms with Crippen molar-refractivity contribution >= 4 is 0 Å². The minimum Gasteiger partial charge on any atom is -0.508 e. The van der Waals surface area contributed by atoms with Gasteiger partial charge in [-0.25, -0.2) is 0 Å². The van der Waals surface area contributed by atoms with Crippen LogP contribution in [0.3, 0.4) is 0 Å². The third kappa shape index (κ3) is 3.72. The van der Waals surface area contributed by atoms with E-state index in [0.29, 0.717) is 5.92 Å². The lowest BCUT2D eigenvalue weighted by atomic mass is 10.0. The lowest BCUT2D eigenvalue weighted by Crippen LogP contribution is -2.27. The van der Waals surface area contributed by atoms with Gasteiger partial charge in [-0.05, 0) is 18.6 Å². The highest BCUT2D eigenvalue weighted by Gasteiger charge is 2.23. The van der Waals surface area contributed by atoms with Gasteiger partial charge in [0.05, 0.1) is 13.2 Å². The van der Waals surface area contributed by atoms with Crippen molar-refractivity contribution in [2.24, 2.45) is 5.92 Å². The van der Waals surface area contributed by atoms with E-state index in [4.69, 9.17) is 9.47 Å². The van der Waals surface area contributed by atoms with E-state index < -0.39 is 0 Å². The number of unbranched alkanes of at least 4 members (excludes halogenated alkanes) is 2. The Labute approximate surface area is 109 Å². The fourth-order valence-corrected chi connectivity index (χ4v) is 2.22. The summed E-state index contributed by atoms with van der Waals surface area (Å²) in [6.45, 7) is 3.76. The minimum absolute atomic E-state index is 0.270. The summed E-state index contributed by atoms with van der Waals surface area (Å²) < 4.78 is 11.5. The van der Waals surface area contributed by atoms with Gasteiger partial charge in [0, 0.05) is 11.5 Å². The van der Waals surface area contributed by atoms with Gasteiger partial charge >= 0.3 is 0 Å². The zero-order chi connectivity index (χ0) is 12.8. The molecule has 1 N–H and O–H groups in total. The van der Waals surface area contributed by atoms with Gasteiger partial charge in [-0.15, -0.1) is 0 Å². The third-order valence-electron chi connectivity index (χ3n) is 3.35. The largest absolute Gasteiger partial charge is 0.508 e. The van der Waals surface area contributed by atoms with E-state index in [1.165, 1.54) is 25.7 Å². The van der Waals surface area contributed by atoms with Crippen LogP contribution in [-0.2, 0) is 9.47 Å². The van der Waals surface area contributed by atoms with E-state index in [-0.39, 0.29) is 12.0 Å². The van der Waals surface area contributed by atoms with Gasteiger partial charge in [0.1, 0.15) is 5.75 Å². The van der Waals surface area contributed by atoms with E-state index in [9.17, 15) is 5.11 Å². The molecule has 3 heteroatoms. The van der Waals surface area contributed by atoms with Crippen molar-refractivity contribution in [3.05, 3.63) is 29.8 Å². The van der Waals surface area contributed by atoms with Crippen LogP contribution in [0.1, 0.15) is 44.5 Å². The highest BCUT2D eigenvalue weighted by Crippen LogP contribution is 2.28. The number of rotatable bonds is 5. The summed E-state index contributed by atoms with van der Waals surface area (Å²) in [7, 11) is 0. The van der Waals surface area contributed by atoms with Crippen molar-refractivity contribution in [3.8, 4) is 5.75 Å². The Hall–Kier alpha value is -1.06. The van der Waals surface area contributed by atoms with Crippen LogP contribution < -0.4 is 0 Å². The second kappa shape index (κ2) is 6.76. The first-order valence-corrected chi connectivity index (χ1v) is 6.81. The van der Waals surface area contributed by atoms with E-state index >= 15 is 0 Å². The van der Waals surface area contributed by atoms with Crippen molar-refractivity contribution in [3.63, 3.8) is 0 Å². The summed E-state index contributed by atoms with van der Waals surface area (Å²) in [4.78, 5) is 0. The summed E-state index contributed by atoms with van der Waals surface area (Å²) in [5.74, 6) is 0.803. The van der Waals surface area contributed by atoms with Crippen molar-refractivity contribution < 1.29 is 14.6 Å². The number of aromatic hydroxyl groups is 1. The Morgan fingerprint density at radius 3 is 2.39 bits per heavy atom. The highest BCUT2D eigenvalue weighted by molar-refractivity contribution is 5.26. The molecule has 0 spiro atoms. The van der Waals surface area contributed by atoms with Crippen LogP contribution in [-0.4, -0.2) is 18.3 Å². The molecule has 1 saturated heterocycles. The SMILES string of the molecule is CCCCCC1COC(c2ccc(O)cc2)OC1. The molecule has 0 aromatic heterocycles. The molecule has 100 valence electrons. The van der Waals surface area contributed by atoms with Gasteiger partial charge in [0.15, 0.2) is 6.29 Å². The molecule has 0 saturated carbocycles. The second-order valence-electron chi connectivity index (χ2n) is 4.95. The molecule has 18 heavy (non-hydrogen) atoms. The summed E-state index contributed by atoms with van der Waals surface area (Å²) in [5, 5.41) is 9.24. The molecule has 0 unspecified atom stereocenters. The van der Waals surface area contributed by atoms with Crippen LogP contribution in [0, 0.1) is 5.92 Å². The van der Waals surface area contributed by atoms with Gasteiger partial charge in [-0.1, -0.05) is 38.3 Å². The lowest BCUT2D eigenvalue weighted by molar-refractivity contribution is -0.206. The van der Waals surface area contributed by atoms with E-state index in [1.807, 2.05) is 12.1 Å². The number of phenols is 1. The minimum atomic E-state index is -0.270. The van der Waals surface area contributed by atoms with Crippen molar-refractivity contribution in [2.45, 2.75) is 38.9 Å². The van der Waals surface area contributed by atoms with Crippen LogP contribution in [0.25, 0.3) is 0 Å². The Morgan fingerprint density at radius 2 is 1.78 bits per heavy atom.